The van der Waals surface area contributed by atoms with Gasteiger partial charge in [-0.1, -0.05) is 0 Å². The quantitative estimate of drug-likeness (QED) is 0.432. The molecule has 0 radical (unpaired) electrons. The Kier molecular flexibility index (Phi) is 4.33. The highest BCUT2D eigenvalue weighted by molar-refractivity contribution is 7.87. The number of alkyl halides is 3. The SMILES string of the molecule is O=C(O)CCCOS(=O)(=O)C(F)(F)F. The number of carboxylic acid groups (broad SMARTS) is 1. The molecule has 0 aromatic rings. The van der Waals surface area contributed by atoms with Gasteiger partial charge in [0.15, 0.2) is 0 Å². The van der Waals surface area contributed by atoms with Gasteiger partial charge in [-0.25, -0.2) is 0 Å². The molecule has 0 bridgehead atoms. The molecular formula is C5H7F3O5S. The van der Waals surface area contributed by atoms with Crippen molar-refractivity contribution in [2.24, 2.45) is 0 Å². The average Bonchev–Trinajstić information content (AvgIpc) is 1.95. The van der Waals surface area contributed by atoms with Crippen molar-refractivity contribution in [1.82, 2.24) is 0 Å². The summed E-state index contributed by atoms with van der Waals surface area (Å²) in [5.74, 6) is -1.24. The summed E-state index contributed by atoms with van der Waals surface area (Å²) in [7, 11) is -5.59. The van der Waals surface area contributed by atoms with Gasteiger partial charge in [0.2, 0.25) is 0 Å². The van der Waals surface area contributed by atoms with Crippen LogP contribution >= 0.6 is 0 Å². The van der Waals surface area contributed by atoms with Crippen molar-refractivity contribution in [3.05, 3.63) is 0 Å². The van der Waals surface area contributed by atoms with Gasteiger partial charge in [-0.05, 0) is 6.42 Å². The van der Waals surface area contributed by atoms with Crippen molar-refractivity contribution in [1.29, 1.82) is 0 Å². The first-order valence-corrected chi connectivity index (χ1v) is 4.75. The smallest absolute Gasteiger partial charge is 0.481 e. The van der Waals surface area contributed by atoms with Crippen LogP contribution in [0.5, 0.6) is 0 Å². The summed E-state index contributed by atoms with van der Waals surface area (Å²) in [5.41, 5.74) is -5.46. The summed E-state index contributed by atoms with van der Waals surface area (Å²) in [6.07, 6.45) is -0.752. The first-order valence-electron chi connectivity index (χ1n) is 3.34. The predicted octanol–water partition coefficient (Wildman–Crippen LogP) is 0.717. The van der Waals surface area contributed by atoms with Gasteiger partial charge in [0.05, 0.1) is 6.61 Å². The Morgan fingerprint density at radius 1 is 1.36 bits per heavy atom. The monoisotopic (exact) mass is 236 g/mol. The van der Waals surface area contributed by atoms with E-state index in [0.717, 1.165) is 0 Å². The zero-order valence-corrected chi connectivity index (χ0v) is 7.56. The van der Waals surface area contributed by atoms with Crippen LogP contribution in [-0.4, -0.2) is 31.6 Å². The summed E-state index contributed by atoms with van der Waals surface area (Å²) in [5, 5.41) is 8.08. The first-order chi connectivity index (χ1) is 6.17. The van der Waals surface area contributed by atoms with E-state index in [-0.39, 0.29) is 6.42 Å². The number of aliphatic carboxylic acids is 1. The Hall–Kier alpha value is -0.830. The van der Waals surface area contributed by atoms with E-state index < -0.39 is 34.6 Å². The van der Waals surface area contributed by atoms with Crippen LogP contribution in [0.3, 0.4) is 0 Å². The molecular weight excluding hydrogens is 229 g/mol. The summed E-state index contributed by atoms with van der Waals surface area (Å²) in [6.45, 7) is -0.797. The maximum absolute atomic E-state index is 11.6. The summed E-state index contributed by atoms with van der Waals surface area (Å²) < 4.78 is 58.7. The van der Waals surface area contributed by atoms with E-state index in [9.17, 15) is 26.4 Å². The molecule has 14 heavy (non-hydrogen) atoms. The standard InChI is InChI=1S/C5H7F3O5S/c6-5(7,8)14(11,12)13-3-1-2-4(9)10/h1-3H2,(H,9,10). The van der Waals surface area contributed by atoms with Gasteiger partial charge in [0.1, 0.15) is 0 Å². The molecule has 5 nitrogen and oxygen atoms in total. The fourth-order valence-corrected chi connectivity index (χ4v) is 0.930. The normalized spacial score (nSPS) is 12.8. The van der Waals surface area contributed by atoms with Crippen molar-refractivity contribution in [3.8, 4) is 0 Å². The van der Waals surface area contributed by atoms with Crippen LogP contribution in [0.1, 0.15) is 12.8 Å². The summed E-state index contributed by atoms with van der Waals surface area (Å²) in [4.78, 5) is 9.89. The lowest BCUT2D eigenvalue weighted by molar-refractivity contribution is -0.137. The molecule has 0 saturated heterocycles. The number of hydrogen-bond donors (Lipinski definition) is 1. The van der Waals surface area contributed by atoms with E-state index in [1.807, 2.05) is 0 Å². The van der Waals surface area contributed by atoms with Gasteiger partial charge in [0, 0.05) is 6.42 Å². The van der Waals surface area contributed by atoms with E-state index >= 15 is 0 Å². The van der Waals surface area contributed by atoms with Crippen LogP contribution in [0.4, 0.5) is 13.2 Å². The maximum Gasteiger partial charge on any atom is 0.523 e. The van der Waals surface area contributed by atoms with Crippen LogP contribution in [0.2, 0.25) is 0 Å². The highest BCUT2D eigenvalue weighted by Gasteiger charge is 2.47. The number of carboxylic acids is 1. The Morgan fingerprint density at radius 3 is 2.21 bits per heavy atom. The summed E-state index contributed by atoms with van der Waals surface area (Å²) >= 11 is 0. The van der Waals surface area contributed by atoms with Crippen LogP contribution in [0.15, 0.2) is 0 Å². The van der Waals surface area contributed by atoms with Gasteiger partial charge in [-0.3, -0.25) is 8.98 Å². The topological polar surface area (TPSA) is 80.7 Å². The molecule has 0 aromatic carbocycles. The molecule has 0 spiro atoms. The number of halogens is 3. The molecule has 0 aliphatic carbocycles. The van der Waals surface area contributed by atoms with Crippen LogP contribution in [0.25, 0.3) is 0 Å². The second-order valence-corrected chi connectivity index (χ2v) is 3.83. The third-order valence-corrected chi connectivity index (χ3v) is 2.10. The minimum atomic E-state index is -5.59. The van der Waals surface area contributed by atoms with Crippen molar-refractivity contribution in [3.63, 3.8) is 0 Å². The zero-order chi connectivity index (χ0) is 11.4. The Bertz CT molecular complexity index is 293. The van der Waals surface area contributed by atoms with Gasteiger partial charge in [0.25, 0.3) is 0 Å². The molecule has 0 fully saturated rings. The lowest BCUT2D eigenvalue weighted by atomic mass is 10.3. The third-order valence-electron chi connectivity index (χ3n) is 1.06. The second kappa shape index (κ2) is 4.60. The van der Waals surface area contributed by atoms with Gasteiger partial charge in [-0.2, -0.15) is 21.6 Å². The van der Waals surface area contributed by atoms with Crippen LogP contribution in [0, 0.1) is 0 Å². The minimum absolute atomic E-state index is 0.301. The molecule has 1 N–H and O–H groups in total. The molecule has 0 atom stereocenters. The van der Waals surface area contributed by atoms with Crippen LogP contribution in [-0.2, 0) is 19.1 Å². The average molecular weight is 236 g/mol. The molecule has 0 rings (SSSR count). The zero-order valence-electron chi connectivity index (χ0n) is 6.74. The number of carbonyl (C=O) groups is 1. The number of hydrogen-bond acceptors (Lipinski definition) is 4. The summed E-state index contributed by atoms with van der Waals surface area (Å²) in [6, 6.07) is 0. The second-order valence-electron chi connectivity index (χ2n) is 2.22. The highest BCUT2D eigenvalue weighted by Crippen LogP contribution is 2.24. The lowest BCUT2D eigenvalue weighted by Gasteiger charge is -2.07. The van der Waals surface area contributed by atoms with Crippen LogP contribution < -0.4 is 0 Å². The Balaban J connectivity index is 3.97. The fourth-order valence-electron chi connectivity index (χ4n) is 0.459. The fraction of sp³-hybridized carbons (Fsp3) is 0.800. The highest BCUT2D eigenvalue weighted by atomic mass is 32.2. The largest absolute Gasteiger partial charge is 0.523 e. The van der Waals surface area contributed by atoms with E-state index in [1.165, 1.54) is 0 Å². The van der Waals surface area contributed by atoms with E-state index in [4.69, 9.17) is 5.11 Å². The Morgan fingerprint density at radius 2 is 1.86 bits per heavy atom. The first kappa shape index (κ1) is 13.2. The van der Waals surface area contributed by atoms with Gasteiger partial charge >= 0.3 is 21.6 Å². The molecule has 84 valence electrons. The number of rotatable bonds is 5. The predicted molar refractivity (Wildman–Crippen MR) is 37.8 cm³/mol. The van der Waals surface area contributed by atoms with Crippen molar-refractivity contribution in [2.45, 2.75) is 18.3 Å². The molecule has 0 amide bonds. The lowest BCUT2D eigenvalue weighted by Crippen LogP contribution is -2.26. The molecule has 0 aromatic heterocycles. The molecule has 0 heterocycles. The maximum atomic E-state index is 11.6. The van der Waals surface area contributed by atoms with Gasteiger partial charge in [-0.15, -0.1) is 0 Å². The van der Waals surface area contributed by atoms with Crippen molar-refractivity contribution < 1.29 is 35.7 Å². The van der Waals surface area contributed by atoms with E-state index in [2.05, 4.69) is 4.18 Å². The molecule has 9 heteroatoms. The molecule has 0 aliphatic rings. The van der Waals surface area contributed by atoms with Gasteiger partial charge < -0.3 is 5.11 Å². The molecule has 0 unspecified atom stereocenters. The third kappa shape index (κ3) is 4.42. The van der Waals surface area contributed by atoms with Crippen molar-refractivity contribution in [2.75, 3.05) is 6.61 Å². The van der Waals surface area contributed by atoms with Crippen molar-refractivity contribution >= 4 is 16.1 Å². The van der Waals surface area contributed by atoms with E-state index in [0.29, 0.717) is 0 Å². The van der Waals surface area contributed by atoms with E-state index in [1.54, 1.807) is 0 Å². The molecule has 0 aliphatic heterocycles. The molecule has 0 saturated carbocycles. The Labute approximate surface area is 77.6 Å². The minimum Gasteiger partial charge on any atom is -0.481 e.